The molecule has 3 aromatic heterocycles. The van der Waals surface area contributed by atoms with Crippen LogP contribution in [0, 0.1) is 5.41 Å². The van der Waals surface area contributed by atoms with Gasteiger partial charge in [-0.25, -0.2) is 4.98 Å². The first kappa shape index (κ1) is 15.6. The molecule has 0 unspecified atom stereocenters. The Morgan fingerprint density at radius 2 is 2.09 bits per heavy atom. The van der Waals surface area contributed by atoms with Crippen molar-refractivity contribution in [2.75, 3.05) is 7.11 Å². The summed E-state index contributed by atoms with van der Waals surface area (Å²) in [4.78, 5) is 13.8. The molecule has 0 aliphatic heterocycles. The van der Waals surface area contributed by atoms with E-state index in [1.165, 1.54) is 0 Å². The Kier molecular flexibility index (Phi) is 4.12. The van der Waals surface area contributed by atoms with Crippen molar-refractivity contribution in [2.45, 2.75) is 27.2 Å². The quantitative estimate of drug-likeness (QED) is 0.723. The standard InChI is InChI=1S/C16H18N4O2S/c1-16(2,3)7-13-18-9-12(23-13)15-19-14(20-22-15)10-5-6-17-8-11(10)21-4/h5-6,8-9H,7H2,1-4H3. The average molecular weight is 330 g/mol. The molecular formula is C16H18N4O2S. The van der Waals surface area contributed by atoms with E-state index in [0.29, 0.717) is 17.5 Å². The van der Waals surface area contributed by atoms with Gasteiger partial charge in [0, 0.05) is 12.6 Å². The fourth-order valence-electron chi connectivity index (χ4n) is 2.10. The lowest BCUT2D eigenvalue weighted by atomic mass is 9.93. The zero-order valence-electron chi connectivity index (χ0n) is 13.5. The van der Waals surface area contributed by atoms with Crippen LogP contribution < -0.4 is 4.74 Å². The first-order chi connectivity index (χ1) is 11.0. The van der Waals surface area contributed by atoms with Crippen LogP contribution in [0.4, 0.5) is 0 Å². The lowest BCUT2D eigenvalue weighted by molar-refractivity contribution is 0.410. The molecule has 3 aromatic rings. The van der Waals surface area contributed by atoms with Gasteiger partial charge in [0.05, 0.1) is 30.1 Å². The molecule has 0 fully saturated rings. The van der Waals surface area contributed by atoms with E-state index in [1.807, 2.05) is 0 Å². The smallest absolute Gasteiger partial charge is 0.269 e. The van der Waals surface area contributed by atoms with Crippen LogP contribution in [-0.2, 0) is 6.42 Å². The number of ether oxygens (including phenoxy) is 1. The number of nitrogens with zero attached hydrogens (tertiary/aromatic N) is 4. The molecule has 7 heteroatoms. The molecule has 0 saturated carbocycles. The van der Waals surface area contributed by atoms with Gasteiger partial charge < -0.3 is 9.26 Å². The largest absolute Gasteiger partial charge is 0.494 e. The molecule has 0 bridgehead atoms. The molecule has 0 spiro atoms. The van der Waals surface area contributed by atoms with Gasteiger partial charge >= 0.3 is 0 Å². The van der Waals surface area contributed by atoms with Gasteiger partial charge in [-0.1, -0.05) is 25.9 Å². The molecule has 120 valence electrons. The minimum absolute atomic E-state index is 0.194. The summed E-state index contributed by atoms with van der Waals surface area (Å²) in [7, 11) is 1.59. The first-order valence-electron chi connectivity index (χ1n) is 7.23. The molecule has 0 atom stereocenters. The van der Waals surface area contributed by atoms with Crippen molar-refractivity contribution in [3.8, 4) is 27.9 Å². The summed E-state index contributed by atoms with van der Waals surface area (Å²) in [5.74, 6) is 1.55. The molecule has 0 aliphatic carbocycles. The van der Waals surface area contributed by atoms with Crippen LogP contribution in [0.5, 0.6) is 5.75 Å². The number of hydrogen-bond donors (Lipinski definition) is 0. The highest BCUT2D eigenvalue weighted by Crippen LogP contribution is 2.32. The van der Waals surface area contributed by atoms with E-state index < -0.39 is 0 Å². The number of pyridine rings is 1. The lowest BCUT2D eigenvalue weighted by Crippen LogP contribution is -2.08. The minimum atomic E-state index is 0.194. The Labute approximate surface area is 138 Å². The number of aromatic nitrogens is 4. The maximum atomic E-state index is 5.38. The molecule has 6 nitrogen and oxygen atoms in total. The van der Waals surface area contributed by atoms with Crippen LogP contribution in [0.15, 0.2) is 29.2 Å². The third-order valence-corrected chi connectivity index (χ3v) is 4.10. The summed E-state index contributed by atoms with van der Waals surface area (Å²) in [5.41, 5.74) is 0.941. The predicted octanol–water partition coefficient (Wildman–Crippen LogP) is 3.85. The van der Waals surface area contributed by atoms with Gasteiger partial charge in [-0.3, -0.25) is 4.98 Å². The van der Waals surface area contributed by atoms with E-state index in [1.54, 1.807) is 43.1 Å². The average Bonchev–Trinajstić information content (AvgIpc) is 3.14. The van der Waals surface area contributed by atoms with Gasteiger partial charge in [-0.15, -0.1) is 11.3 Å². The van der Waals surface area contributed by atoms with Gasteiger partial charge in [0.25, 0.3) is 5.89 Å². The topological polar surface area (TPSA) is 73.9 Å². The van der Waals surface area contributed by atoms with Crippen LogP contribution in [-0.4, -0.2) is 27.2 Å². The Hall–Kier alpha value is -2.28. The van der Waals surface area contributed by atoms with Crippen molar-refractivity contribution in [2.24, 2.45) is 5.41 Å². The van der Waals surface area contributed by atoms with Gasteiger partial charge in [0.2, 0.25) is 5.82 Å². The van der Waals surface area contributed by atoms with Gasteiger partial charge in [-0.05, 0) is 11.5 Å². The van der Waals surface area contributed by atoms with Crippen LogP contribution in [0.1, 0.15) is 25.8 Å². The summed E-state index contributed by atoms with van der Waals surface area (Å²) in [6, 6.07) is 1.80. The fourth-order valence-corrected chi connectivity index (χ4v) is 3.24. The molecule has 0 N–H and O–H groups in total. The normalized spacial score (nSPS) is 11.7. The van der Waals surface area contributed by atoms with E-state index in [0.717, 1.165) is 21.9 Å². The highest BCUT2D eigenvalue weighted by Gasteiger charge is 2.18. The van der Waals surface area contributed by atoms with Crippen LogP contribution >= 0.6 is 11.3 Å². The van der Waals surface area contributed by atoms with Crippen molar-refractivity contribution >= 4 is 11.3 Å². The zero-order chi connectivity index (χ0) is 16.4. The molecular weight excluding hydrogens is 312 g/mol. The predicted molar refractivity (Wildman–Crippen MR) is 88.3 cm³/mol. The van der Waals surface area contributed by atoms with Crippen molar-refractivity contribution in [1.82, 2.24) is 20.1 Å². The summed E-state index contributed by atoms with van der Waals surface area (Å²) in [6.45, 7) is 6.57. The van der Waals surface area contributed by atoms with Crippen LogP contribution in [0.3, 0.4) is 0 Å². The van der Waals surface area contributed by atoms with Crippen molar-refractivity contribution in [3.05, 3.63) is 29.7 Å². The number of rotatable bonds is 4. The Morgan fingerprint density at radius 1 is 1.26 bits per heavy atom. The third kappa shape index (κ3) is 3.56. The van der Waals surface area contributed by atoms with Crippen molar-refractivity contribution < 1.29 is 9.26 Å². The lowest BCUT2D eigenvalue weighted by Gasteiger charge is -2.15. The second-order valence-corrected chi connectivity index (χ2v) is 7.47. The molecule has 0 saturated heterocycles. The monoisotopic (exact) mass is 330 g/mol. The number of methoxy groups -OCH3 is 1. The van der Waals surface area contributed by atoms with Gasteiger partial charge in [0.1, 0.15) is 10.6 Å². The Morgan fingerprint density at radius 3 is 2.83 bits per heavy atom. The Bertz CT molecular complexity index is 804. The molecule has 0 aliphatic rings. The molecule has 3 rings (SSSR count). The zero-order valence-corrected chi connectivity index (χ0v) is 14.3. The van der Waals surface area contributed by atoms with Crippen LogP contribution in [0.2, 0.25) is 0 Å². The Balaban J connectivity index is 1.88. The minimum Gasteiger partial charge on any atom is -0.494 e. The molecule has 23 heavy (non-hydrogen) atoms. The number of hydrogen-bond acceptors (Lipinski definition) is 7. The van der Waals surface area contributed by atoms with Gasteiger partial charge in [0.15, 0.2) is 0 Å². The van der Waals surface area contributed by atoms with Crippen molar-refractivity contribution in [3.63, 3.8) is 0 Å². The maximum absolute atomic E-state index is 5.38. The van der Waals surface area contributed by atoms with Crippen LogP contribution in [0.25, 0.3) is 22.2 Å². The highest BCUT2D eigenvalue weighted by molar-refractivity contribution is 7.15. The summed E-state index contributed by atoms with van der Waals surface area (Å²) < 4.78 is 10.7. The van der Waals surface area contributed by atoms with Gasteiger partial charge in [-0.2, -0.15) is 4.98 Å². The van der Waals surface area contributed by atoms with E-state index in [2.05, 4.69) is 40.9 Å². The highest BCUT2D eigenvalue weighted by atomic mass is 32.1. The third-order valence-electron chi connectivity index (χ3n) is 3.12. The summed E-state index contributed by atoms with van der Waals surface area (Å²) in [5, 5.41) is 5.10. The van der Waals surface area contributed by atoms with E-state index in [4.69, 9.17) is 9.26 Å². The second-order valence-electron chi connectivity index (χ2n) is 6.35. The maximum Gasteiger partial charge on any atom is 0.269 e. The molecule has 0 aromatic carbocycles. The van der Waals surface area contributed by atoms with Crippen molar-refractivity contribution in [1.29, 1.82) is 0 Å². The number of thiazole rings is 1. The first-order valence-corrected chi connectivity index (χ1v) is 8.05. The molecule has 0 amide bonds. The molecule has 3 heterocycles. The summed E-state index contributed by atoms with van der Waals surface area (Å²) in [6.07, 6.45) is 5.99. The SMILES string of the molecule is COc1cnccc1-c1noc(-c2cnc(CC(C)(C)C)s2)n1. The van der Waals surface area contributed by atoms with E-state index in [9.17, 15) is 0 Å². The molecule has 0 radical (unpaired) electrons. The second kappa shape index (κ2) is 6.08. The van der Waals surface area contributed by atoms with E-state index in [-0.39, 0.29) is 5.41 Å². The fraction of sp³-hybridized carbons (Fsp3) is 0.375. The van der Waals surface area contributed by atoms with E-state index >= 15 is 0 Å². The summed E-state index contributed by atoms with van der Waals surface area (Å²) >= 11 is 1.58.